The molecule has 7 nitrogen and oxygen atoms in total. The fraction of sp³-hybridized carbons (Fsp3) is 0.417. The summed E-state index contributed by atoms with van der Waals surface area (Å²) in [5, 5.41) is 2.83. The fourth-order valence-corrected chi connectivity index (χ4v) is 4.64. The third kappa shape index (κ3) is 8.09. The number of nitrogens with one attached hydrogen (secondary N) is 1. The van der Waals surface area contributed by atoms with Crippen LogP contribution < -0.4 is 9.62 Å². The third-order valence-electron chi connectivity index (χ3n) is 5.14. The first-order chi connectivity index (χ1) is 15.9. The van der Waals surface area contributed by atoms with Crippen molar-refractivity contribution in [1.82, 2.24) is 10.2 Å². The molecular weight excluding hydrogens is 525 g/mol. The zero-order chi connectivity index (χ0) is 25.5. The predicted molar refractivity (Wildman–Crippen MR) is 135 cm³/mol. The SMILES string of the molecule is CC(C)NC(=O)[C@@H](C)N(Cc1ccc(Br)cc1)C(=O)CCCN(c1ccccc1F)S(C)(=O)=O. The molecule has 0 saturated heterocycles. The van der Waals surface area contributed by atoms with Gasteiger partial charge in [-0.2, -0.15) is 0 Å². The highest BCUT2D eigenvalue weighted by atomic mass is 79.9. The lowest BCUT2D eigenvalue weighted by atomic mass is 10.1. The third-order valence-corrected chi connectivity index (χ3v) is 6.85. The van der Waals surface area contributed by atoms with Crippen molar-refractivity contribution in [2.75, 3.05) is 17.1 Å². The van der Waals surface area contributed by atoms with Crippen molar-refractivity contribution in [2.45, 2.75) is 52.2 Å². The highest BCUT2D eigenvalue weighted by Gasteiger charge is 2.27. The van der Waals surface area contributed by atoms with Gasteiger partial charge in [0.15, 0.2) is 0 Å². The maximum absolute atomic E-state index is 14.2. The summed E-state index contributed by atoms with van der Waals surface area (Å²) in [4.78, 5) is 27.3. The quantitative estimate of drug-likeness (QED) is 0.452. The standard InChI is InChI=1S/C24H31BrFN3O4S/c1-17(2)27-24(31)18(3)28(16-19-11-13-20(25)14-12-19)23(30)10-7-15-29(34(4,32)33)22-9-6-5-8-21(22)26/h5-6,8-9,11-14,17-18H,7,10,15-16H2,1-4H3,(H,27,31)/t18-/m1/s1. The van der Waals surface area contributed by atoms with E-state index in [9.17, 15) is 22.4 Å². The van der Waals surface area contributed by atoms with Gasteiger partial charge in [0.25, 0.3) is 0 Å². The topological polar surface area (TPSA) is 86.8 Å². The van der Waals surface area contributed by atoms with Crippen LogP contribution in [-0.2, 0) is 26.2 Å². The molecule has 10 heteroatoms. The summed E-state index contributed by atoms with van der Waals surface area (Å²) in [7, 11) is -3.75. The highest BCUT2D eigenvalue weighted by Crippen LogP contribution is 2.22. The van der Waals surface area contributed by atoms with Crippen LogP contribution in [-0.4, -0.2) is 50.0 Å². The second-order valence-electron chi connectivity index (χ2n) is 8.38. The summed E-state index contributed by atoms with van der Waals surface area (Å²) in [6, 6.07) is 12.2. The molecule has 0 saturated carbocycles. The van der Waals surface area contributed by atoms with Gasteiger partial charge in [0.05, 0.1) is 11.9 Å². The Balaban J connectivity index is 2.17. The normalized spacial score (nSPS) is 12.3. The second kappa shape index (κ2) is 12.3. The number of halogens is 2. The first-order valence-electron chi connectivity index (χ1n) is 11.0. The van der Waals surface area contributed by atoms with Gasteiger partial charge in [-0.1, -0.05) is 40.2 Å². The van der Waals surface area contributed by atoms with Crippen LogP contribution in [0.25, 0.3) is 0 Å². The van der Waals surface area contributed by atoms with Gasteiger partial charge in [0.2, 0.25) is 21.8 Å². The largest absolute Gasteiger partial charge is 0.352 e. The van der Waals surface area contributed by atoms with Crippen LogP contribution in [0, 0.1) is 5.82 Å². The Labute approximate surface area is 209 Å². The van der Waals surface area contributed by atoms with Gasteiger partial charge >= 0.3 is 0 Å². The molecule has 0 fully saturated rings. The summed E-state index contributed by atoms with van der Waals surface area (Å²) in [5.74, 6) is -1.23. The number of amides is 2. The average Bonchev–Trinajstić information content (AvgIpc) is 2.75. The zero-order valence-corrected chi connectivity index (χ0v) is 22.2. The Morgan fingerprint density at radius 2 is 1.68 bits per heavy atom. The Hall–Kier alpha value is -2.46. The van der Waals surface area contributed by atoms with Crippen molar-refractivity contribution in [3.8, 4) is 0 Å². The molecule has 0 aliphatic heterocycles. The van der Waals surface area contributed by atoms with E-state index >= 15 is 0 Å². The monoisotopic (exact) mass is 555 g/mol. The fourth-order valence-electron chi connectivity index (χ4n) is 3.41. The van der Waals surface area contributed by atoms with Crippen molar-refractivity contribution in [2.24, 2.45) is 0 Å². The van der Waals surface area contributed by atoms with E-state index < -0.39 is 21.9 Å². The predicted octanol–water partition coefficient (Wildman–Crippen LogP) is 4.08. The molecule has 0 heterocycles. The van der Waals surface area contributed by atoms with Crippen LogP contribution in [0.2, 0.25) is 0 Å². The van der Waals surface area contributed by atoms with Gasteiger partial charge in [-0.3, -0.25) is 13.9 Å². The van der Waals surface area contributed by atoms with Gasteiger partial charge < -0.3 is 10.2 Å². The van der Waals surface area contributed by atoms with Crippen LogP contribution in [0.3, 0.4) is 0 Å². The number of anilines is 1. The van der Waals surface area contributed by atoms with Crippen molar-refractivity contribution in [1.29, 1.82) is 0 Å². The number of nitrogens with zero attached hydrogens (tertiary/aromatic N) is 2. The van der Waals surface area contributed by atoms with Crippen molar-refractivity contribution in [3.63, 3.8) is 0 Å². The summed E-state index contributed by atoms with van der Waals surface area (Å²) in [6.07, 6.45) is 1.16. The van der Waals surface area contributed by atoms with E-state index in [1.807, 2.05) is 38.1 Å². The number of benzene rings is 2. The molecule has 2 amide bonds. The summed E-state index contributed by atoms with van der Waals surface area (Å²) < 4.78 is 40.6. The van der Waals surface area contributed by atoms with E-state index in [0.717, 1.165) is 20.6 Å². The molecule has 0 aromatic heterocycles. The minimum Gasteiger partial charge on any atom is -0.352 e. The second-order valence-corrected chi connectivity index (χ2v) is 11.2. The molecule has 0 unspecified atom stereocenters. The minimum absolute atomic E-state index is 0.00367. The molecule has 2 aromatic rings. The van der Waals surface area contributed by atoms with Crippen LogP contribution in [0.15, 0.2) is 53.0 Å². The molecule has 2 aromatic carbocycles. The van der Waals surface area contributed by atoms with Gasteiger partial charge in [-0.15, -0.1) is 0 Å². The number of para-hydroxylation sites is 1. The number of carbonyl (C=O) groups excluding carboxylic acids is 2. The molecule has 0 spiro atoms. The first-order valence-corrected chi connectivity index (χ1v) is 13.6. The summed E-state index contributed by atoms with van der Waals surface area (Å²) in [5.41, 5.74) is 0.790. The van der Waals surface area contributed by atoms with Crippen molar-refractivity contribution in [3.05, 3.63) is 64.4 Å². The number of rotatable bonds is 11. The van der Waals surface area contributed by atoms with E-state index in [1.165, 1.54) is 23.1 Å². The van der Waals surface area contributed by atoms with Crippen LogP contribution in [0.1, 0.15) is 39.2 Å². The Morgan fingerprint density at radius 1 is 1.06 bits per heavy atom. The Morgan fingerprint density at radius 3 is 2.24 bits per heavy atom. The van der Waals surface area contributed by atoms with Gasteiger partial charge in [0.1, 0.15) is 11.9 Å². The molecule has 1 N–H and O–H groups in total. The summed E-state index contributed by atoms with van der Waals surface area (Å²) in [6.45, 7) is 5.50. The molecule has 0 aliphatic rings. The van der Waals surface area contributed by atoms with E-state index in [1.54, 1.807) is 13.0 Å². The lowest BCUT2D eigenvalue weighted by molar-refractivity contribution is -0.140. The molecule has 0 bridgehead atoms. The van der Waals surface area contributed by atoms with E-state index in [2.05, 4.69) is 21.2 Å². The minimum atomic E-state index is -3.75. The molecule has 34 heavy (non-hydrogen) atoms. The smallest absolute Gasteiger partial charge is 0.242 e. The lowest BCUT2D eigenvalue weighted by Crippen LogP contribution is -2.49. The number of hydrogen-bond donors (Lipinski definition) is 1. The van der Waals surface area contributed by atoms with E-state index in [0.29, 0.717) is 0 Å². The number of sulfonamides is 1. The first kappa shape index (κ1) is 27.8. The molecular formula is C24H31BrFN3O4S. The molecule has 0 aliphatic carbocycles. The van der Waals surface area contributed by atoms with Crippen molar-refractivity contribution < 1.29 is 22.4 Å². The summed E-state index contributed by atoms with van der Waals surface area (Å²) >= 11 is 3.38. The lowest BCUT2D eigenvalue weighted by Gasteiger charge is -2.30. The maximum Gasteiger partial charge on any atom is 0.242 e. The van der Waals surface area contributed by atoms with E-state index in [4.69, 9.17) is 0 Å². The van der Waals surface area contributed by atoms with E-state index in [-0.39, 0.29) is 49.5 Å². The number of carbonyl (C=O) groups is 2. The number of hydrogen-bond acceptors (Lipinski definition) is 4. The average molecular weight is 556 g/mol. The zero-order valence-electron chi connectivity index (χ0n) is 19.8. The molecule has 0 radical (unpaired) electrons. The van der Waals surface area contributed by atoms with Crippen LogP contribution >= 0.6 is 15.9 Å². The maximum atomic E-state index is 14.2. The van der Waals surface area contributed by atoms with Crippen LogP contribution in [0.5, 0.6) is 0 Å². The molecule has 1 atom stereocenters. The Kier molecular flexibility index (Phi) is 10.1. The van der Waals surface area contributed by atoms with Crippen LogP contribution in [0.4, 0.5) is 10.1 Å². The molecule has 186 valence electrons. The highest BCUT2D eigenvalue weighted by molar-refractivity contribution is 9.10. The van der Waals surface area contributed by atoms with Gasteiger partial charge in [0, 0.05) is 30.0 Å². The molecule has 2 rings (SSSR count). The van der Waals surface area contributed by atoms with Gasteiger partial charge in [-0.05, 0) is 57.0 Å². The van der Waals surface area contributed by atoms with Crippen molar-refractivity contribution >= 4 is 43.5 Å². The van der Waals surface area contributed by atoms with Gasteiger partial charge in [-0.25, -0.2) is 12.8 Å². The Bertz CT molecular complexity index is 1090.